The largest absolute Gasteiger partial charge is 0.481 e. The summed E-state index contributed by atoms with van der Waals surface area (Å²) in [5.74, 6) is 1.03. The Kier molecular flexibility index (Phi) is 3.48. The third-order valence-corrected chi connectivity index (χ3v) is 2.25. The lowest BCUT2D eigenvalue weighted by Gasteiger charge is -1.97. The van der Waals surface area contributed by atoms with E-state index in [4.69, 9.17) is 14.5 Å². The predicted octanol–water partition coefficient (Wildman–Crippen LogP) is 1.24. The van der Waals surface area contributed by atoms with Gasteiger partial charge in [0.15, 0.2) is 0 Å². The fourth-order valence-electron chi connectivity index (χ4n) is 1.32. The third kappa shape index (κ3) is 2.60. The molecule has 0 saturated carbocycles. The smallest absolute Gasteiger partial charge is 0.228 e. The number of hydrogen-bond donors (Lipinski definition) is 0. The van der Waals surface area contributed by atoms with Crippen LogP contribution in [0.15, 0.2) is 16.9 Å². The van der Waals surface area contributed by atoms with Gasteiger partial charge in [-0.25, -0.2) is 9.97 Å². The van der Waals surface area contributed by atoms with Gasteiger partial charge in [0.1, 0.15) is 12.0 Å². The quantitative estimate of drug-likeness (QED) is 0.798. The first-order valence-electron chi connectivity index (χ1n) is 5.31. The van der Waals surface area contributed by atoms with E-state index in [2.05, 4.69) is 26.2 Å². The molecule has 0 aliphatic carbocycles. The molecule has 0 aromatic carbocycles. The monoisotopic (exact) mass is 245 g/mol. The van der Waals surface area contributed by atoms with Crippen molar-refractivity contribution in [1.82, 2.24) is 20.1 Å². The fraction of sp³-hybridized carbons (Fsp3) is 0.364. The van der Waals surface area contributed by atoms with Crippen LogP contribution in [0.4, 0.5) is 0 Å². The molecule has 2 heterocycles. The Labute approximate surface area is 103 Å². The molecule has 0 radical (unpaired) electrons. The van der Waals surface area contributed by atoms with Gasteiger partial charge >= 0.3 is 0 Å². The Balaban J connectivity index is 2.21. The van der Waals surface area contributed by atoms with Gasteiger partial charge in [-0.2, -0.15) is 10.2 Å². The number of methoxy groups -OCH3 is 1. The number of aromatic nitrogens is 4. The van der Waals surface area contributed by atoms with Crippen molar-refractivity contribution in [2.45, 2.75) is 13.3 Å². The molecule has 7 heteroatoms. The molecule has 0 amide bonds. The zero-order valence-corrected chi connectivity index (χ0v) is 9.99. The molecule has 2 aromatic rings. The van der Waals surface area contributed by atoms with E-state index >= 15 is 0 Å². The normalized spacial score (nSPS) is 11.8. The topological polar surface area (TPSA) is 97.7 Å². The van der Waals surface area contributed by atoms with Crippen LogP contribution in [0.3, 0.4) is 0 Å². The molecule has 0 aliphatic heterocycles. The Morgan fingerprint density at radius 3 is 3.06 bits per heavy atom. The molecule has 92 valence electrons. The van der Waals surface area contributed by atoms with E-state index in [-0.39, 0.29) is 5.92 Å². The molecule has 2 aromatic heterocycles. The van der Waals surface area contributed by atoms with E-state index in [1.807, 2.05) is 0 Å². The van der Waals surface area contributed by atoms with E-state index in [0.29, 0.717) is 29.7 Å². The van der Waals surface area contributed by atoms with Crippen molar-refractivity contribution in [1.29, 1.82) is 5.26 Å². The summed E-state index contributed by atoms with van der Waals surface area (Å²) in [5.41, 5.74) is 0.515. The van der Waals surface area contributed by atoms with Crippen LogP contribution in [0.5, 0.6) is 5.88 Å². The van der Waals surface area contributed by atoms with Gasteiger partial charge in [-0.05, 0) is 6.92 Å². The molecule has 18 heavy (non-hydrogen) atoms. The van der Waals surface area contributed by atoms with Gasteiger partial charge in [-0.15, -0.1) is 0 Å². The Bertz CT molecular complexity index is 575. The maximum Gasteiger partial charge on any atom is 0.228 e. The summed E-state index contributed by atoms with van der Waals surface area (Å²) in [6.45, 7) is 1.79. The molecule has 1 unspecified atom stereocenters. The van der Waals surface area contributed by atoms with Gasteiger partial charge in [-0.3, -0.25) is 0 Å². The van der Waals surface area contributed by atoms with E-state index < -0.39 is 0 Å². The van der Waals surface area contributed by atoms with Crippen LogP contribution in [0, 0.1) is 17.2 Å². The van der Waals surface area contributed by atoms with Crippen LogP contribution in [-0.2, 0) is 6.42 Å². The lowest BCUT2D eigenvalue weighted by Crippen LogP contribution is -1.96. The van der Waals surface area contributed by atoms with E-state index in [1.165, 1.54) is 13.4 Å². The molecule has 2 rings (SSSR count). The molecule has 0 fully saturated rings. The lowest BCUT2D eigenvalue weighted by atomic mass is 10.1. The van der Waals surface area contributed by atoms with Gasteiger partial charge in [0.25, 0.3) is 0 Å². The van der Waals surface area contributed by atoms with Crippen LogP contribution in [0.1, 0.15) is 12.8 Å². The first kappa shape index (κ1) is 12.0. The molecular formula is C11H11N5O2. The highest BCUT2D eigenvalue weighted by Crippen LogP contribution is 2.17. The van der Waals surface area contributed by atoms with E-state index in [0.717, 1.165) is 0 Å². The van der Waals surface area contributed by atoms with Crippen molar-refractivity contribution in [2.75, 3.05) is 7.11 Å². The fourth-order valence-corrected chi connectivity index (χ4v) is 1.32. The zero-order chi connectivity index (χ0) is 13.0. The average Bonchev–Trinajstić information content (AvgIpc) is 2.87. The number of ether oxygens (including phenoxy) is 1. The van der Waals surface area contributed by atoms with Crippen LogP contribution < -0.4 is 4.74 Å². The Morgan fingerprint density at radius 1 is 1.50 bits per heavy atom. The summed E-state index contributed by atoms with van der Waals surface area (Å²) in [6.07, 6.45) is 1.79. The number of hydrogen-bond acceptors (Lipinski definition) is 7. The highest BCUT2D eigenvalue weighted by atomic mass is 16.5. The number of nitriles is 1. The van der Waals surface area contributed by atoms with Crippen LogP contribution in [-0.4, -0.2) is 27.2 Å². The minimum Gasteiger partial charge on any atom is -0.481 e. The molecule has 0 aliphatic rings. The lowest BCUT2D eigenvalue weighted by molar-refractivity contribution is 0.369. The predicted molar refractivity (Wildman–Crippen MR) is 60.4 cm³/mol. The minimum absolute atomic E-state index is 0.168. The molecule has 0 spiro atoms. The maximum atomic E-state index is 8.71. The highest BCUT2D eigenvalue weighted by Gasteiger charge is 2.13. The van der Waals surface area contributed by atoms with Gasteiger partial charge in [0.05, 0.1) is 19.1 Å². The van der Waals surface area contributed by atoms with Crippen molar-refractivity contribution in [3.8, 4) is 23.5 Å². The van der Waals surface area contributed by atoms with Crippen molar-refractivity contribution < 1.29 is 9.26 Å². The second-order valence-corrected chi connectivity index (χ2v) is 3.69. The van der Waals surface area contributed by atoms with E-state index in [1.54, 1.807) is 13.0 Å². The number of rotatable bonds is 4. The Morgan fingerprint density at radius 2 is 2.33 bits per heavy atom. The first-order chi connectivity index (χ1) is 8.72. The highest BCUT2D eigenvalue weighted by molar-refractivity contribution is 5.49. The van der Waals surface area contributed by atoms with E-state index in [9.17, 15) is 0 Å². The second-order valence-electron chi connectivity index (χ2n) is 3.69. The molecule has 1 atom stereocenters. The Hall–Kier alpha value is -2.49. The van der Waals surface area contributed by atoms with Crippen molar-refractivity contribution >= 4 is 0 Å². The van der Waals surface area contributed by atoms with Gasteiger partial charge in [0.2, 0.25) is 17.6 Å². The third-order valence-electron chi connectivity index (χ3n) is 2.25. The van der Waals surface area contributed by atoms with Crippen LogP contribution >= 0.6 is 0 Å². The minimum atomic E-state index is -0.168. The first-order valence-corrected chi connectivity index (χ1v) is 5.31. The van der Waals surface area contributed by atoms with Gasteiger partial charge in [-0.1, -0.05) is 5.16 Å². The molecule has 0 bridgehead atoms. The summed E-state index contributed by atoms with van der Waals surface area (Å²) in [6, 6.07) is 3.72. The number of nitrogens with zero attached hydrogens (tertiary/aromatic N) is 5. The summed E-state index contributed by atoms with van der Waals surface area (Å²) in [5, 5.41) is 12.5. The van der Waals surface area contributed by atoms with Crippen molar-refractivity contribution in [3.05, 3.63) is 18.3 Å². The summed E-state index contributed by atoms with van der Waals surface area (Å²) >= 11 is 0. The molecule has 7 nitrogen and oxygen atoms in total. The summed E-state index contributed by atoms with van der Waals surface area (Å²) < 4.78 is 10.0. The van der Waals surface area contributed by atoms with Crippen molar-refractivity contribution in [2.24, 2.45) is 5.92 Å². The summed E-state index contributed by atoms with van der Waals surface area (Å²) in [7, 11) is 1.52. The molecular weight excluding hydrogens is 234 g/mol. The standard InChI is InChI=1S/C11H11N5O2/c1-7(5-12)3-10-15-11(16-18-10)8-4-9(17-2)14-6-13-8/h4,6-7H,3H2,1-2H3. The van der Waals surface area contributed by atoms with Gasteiger partial charge < -0.3 is 9.26 Å². The average molecular weight is 245 g/mol. The summed E-state index contributed by atoms with van der Waals surface area (Å²) in [4.78, 5) is 12.1. The van der Waals surface area contributed by atoms with Crippen LogP contribution in [0.25, 0.3) is 11.5 Å². The molecule has 0 N–H and O–H groups in total. The maximum absolute atomic E-state index is 8.71. The zero-order valence-electron chi connectivity index (χ0n) is 9.99. The van der Waals surface area contributed by atoms with Gasteiger partial charge in [0, 0.05) is 12.5 Å². The van der Waals surface area contributed by atoms with Crippen molar-refractivity contribution in [3.63, 3.8) is 0 Å². The molecule has 0 saturated heterocycles. The SMILES string of the molecule is COc1cc(-c2noc(CC(C)C#N)n2)ncn1. The second kappa shape index (κ2) is 5.23. The van der Waals surface area contributed by atoms with Crippen LogP contribution in [0.2, 0.25) is 0 Å².